The SMILES string of the molecule is O=C(O)CN(Cc1ccsc1)CC1CC1. The number of carboxylic acid groups (broad SMARTS) is 1. The predicted molar refractivity (Wildman–Crippen MR) is 60.0 cm³/mol. The van der Waals surface area contributed by atoms with E-state index in [4.69, 9.17) is 5.11 Å². The minimum Gasteiger partial charge on any atom is -0.480 e. The Morgan fingerprint density at radius 1 is 1.60 bits per heavy atom. The van der Waals surface area contributed by atoms with Crippen LogP contribution in [-0.4, -0.2) is 29.1 Å². The molecule has 15 heavy (non-hydrogen) atoms. The summed E-state index contributed by atoms with van der Waals surface area (Å²) < 4.78 is 0. The molecule has 1 heterocycles. The third-order valence-corrected chi connectivity index (χ3v) is 3.29. The number of thiophene rings is 1. The summed E-state index contributed by atoms with van der Waals surface area (Å²) >= 11 is 1.66. The molecule has 0 atom stereocenters. The molecule has 0 spiro atoms. The fourth-order valence-corrected chi connectivity index (χ4v) is 2.34. The van der Waals surface area contributed by atoms with Crippen molar-refractivity contribution >= 4 is 17.3 Å². The summed E-state index contributed by atoms with van der Waals surface area (Å²) in [6.45, 7) is 1.86. The fourth-order valence-electron chi connectivity index (χ4n) is 1.68. The molecular weight excluding hydrogens is 210 g/mol. The smallest absolute Gasteiger partial charge is 0.317 e. The van der Waals surface area contributed by atoms with Gasteiger partial charge in [-0.05, 0) is 41.1 Å². The van der Waals surface area contributed by atoms with Gasteiger partial charge in [0.15, 0.2) is 0 Å². The first kappa shape index (κ1) is 10.6. The molecule has 2 rings (SSSR count). The molecule has 0 aliphatic heterocycles. The summed E-state index contributed by atoms with van der Waals surface area (Å²) in [5, 5.41) is 12.9. The first-order chi connectivity index (χ1) is 7.24. The molecule has 4 heteroatoms. The number of nitrogens with zero attached hydrogens (tertiary/aromatic N) is 1. The van der Waals surface area contributed by atoms with Gasteiger partial charge >= 0.3 is 5.97 Å². The van der Waals surface area contributed by atoms with Gasteiger partial charge in [-0.1, -0.05) is 0 Å². The molecule has 1 aromatic rings. The van der Waals surface area contributed by atoms with E-state index < -0.39 is 5.97 Å². The molecule has 0 bridgehead atoms. The zero-order valence-electron chi connectivity index (χ0n) is 8.56. The maximum Gasteiger partial charge on any atom is 0.317 e. The number of rotatable bonds is 6. The Hall–Kier alpha value is -0.870. The van der Waals surface area contributed by atoms with Crippen LogP contribution >= 0.6 is 11.3 Å². The van der Waals surface area contributed by atoms with E-state index in [9.17, 15) is 4.79 Å². The molecule has 0 saturated heterocycles. The minimum absolute atomic E-state index is 0.159. The zero-order valence-corrected chi connectivity index (χ0v) is 9.37. The Bertz CT molecular complexity index is 319. The van der Waals surface area contributed by atoms with Crippen molar-refractivity contribution in [2.75, 3.05) is 13.1 Å². The number of carboxylic acids is 1. The molecule has 3 nitrogen and oxygen atoms in total. The van der Waals surface area contributed by atoms with Crippen LogP contribution in [0.4, 0.5) is 0 Å². The van der Waals surface area contributed by atoms with Crippen molar-refractivity contribution in [3.05, 3.63) is 22.4 Å². The summed E-state index contributed by atoms with van der Waals surface area (Å²) in [7, 11) is 0. The van der Waals surface area contributed by atoms with Crippen LogP contribution in [0, 0.1) is 5.92 Å². The van der Waals surface area contributed by atoms with E-state index in [-0.39, 0.29) is 6.54 Å². The van der Waals surface area contributed by atoms with Crippen LogP contribution in [0.15, 0.2) is 16.8 Å². The molecule has 0 aromatic carbocycles. The molecule has 0 amide bonds. The van der Waals surface area contributed by atoms with Gasteiger partial charge in [0.25, 0.3) is 0 Å². The van der Waals surface area contributed by atoms with Crippen LogP contribution in [0.1, 0.15) is 18.4 Å². The van der Waals surface area contributed by atoms with Crippen LogP contribution in [0.3, 0.4) is 0 Å². The van der Waals surface area contributed by atoms with Crippen LogP contribution in [0.5, 0.6) is 0 Å². The molecule has 1 aliphatic rings. The molecular formula is C11H15NO2S. The van der Waals surface area contributed by atoms with E-state index in [2.05, 4.69) is 11.4 Å². The van der Waals surface area contributed by atoms with Gasteiger partial charge in [-0.2, -0.15) is 11.3 Å². The highest BCUT2D eigenvalue weighted by Crippen LogP contribution is 2.30. The lowest BCUT2D eigenvalue weighted by molar-refractivity contribution is -0.138. The lowest BCUT2D eigenvalue weighted by Crippen LogP contribution is -2.31. The quantitative estimate of drug-likeness (QED) is 0.805. The molecule has 1 saturated carbocycles. The second-order valence-corrected chi connectivity index (χ2v) is 4.92. The van der Waals surface area contributed by atoms with E-state index in [1.54, 1.807) is 11.3 Å². The van der Waals surface area contributed by atoms with Gasteiger partial charge in [0.05, 0.1) is 6.54 Å². The van der Waals surface area contributed by atoms with Crippen LogP contribution < -0.4 is 0 Å². The Morgan fingerprint density at radius 3 is 2.93 bits per heavy atom. The van der Waals surface area contributed by atoms with Crippen molar-refractivity contribution in [3.63, 3.8) is 0 Å². The summed E-state index contributed by atoms with van der Waals surface area (Å²) in [6, 6.07) is 2.06. The lowest BCUT2D eigenvalue weighted by Gasteiger charge is -2.19. The van der Waals surface area contributed by atoms with Gasteiger partial charge in [0, 0.05) is 13.1 Å². The van der Waals surface area contributed by atoms with Gasteiger partial charge in [0.2, 0.25) is 0 Å². The third kappa shape index (κ3) is 3.64. The van der Waals surface area contributed by atoms with E-state index in [1.807, 2.05) is 10.3 Å². The van der Waals surface area contributed by atoms with Crippen molar-refractivity contribution in [2.45, 2.75) is 19.4 Å². The van der Waals surface area contributed by atoms with E-state index in [1.165, 1.54) is 18.4 Å². The lowest BCUT2D eigenvalue weighted by atomic mass is 10.3. The second-order valence-electron chi connectivity index (χ2n) is 4.14. The Morgan fingerprint density at radius 2 is 2.40 bits per heavy atom. The topological polar surface area (TPSA) is 40.5 Å². The minimum atomic E-state index is -0.731. The van der Waals surface area contributed by atoms with Crippen molar-refractivity contribution < 1.29 is 9.90 Å². The highest BCUT2D eigenvalue weighted by Gasteiger charge is 2.25. The van der Waals surface area contributed by atoms with Crippen molar-refractivity contribution in [2.24, 2.45) is 5.92 Å². The molecule has 1 fully saturated rings. The highest BCUT2D eigenvalue weighted by molar-refractivity contribution is 7.07. The highest BCUT2D eigenvalue weighted by atomic mass is 32.1. The van der Waals surface area contributed by atoms with Crippen molar-refractivity contribution in [3.8, 4) is 0 Å². The van der Waals surface area contributed by atoms with E-state index >= 15 is 0 Å². The van der Waals surface area contributed by atoms with Crippen LogP contribution in [-0.2, 0) is 11.3 Å². The molecule has 1 aromatic heterocycles. The largest absolute Gasteiger partial charge is 0.480 e. The van der Waals surface area contributed by atoms with Gasteiger partial charge < -0.3 is 5.11 Å². The summed E-state index contributed by atoms with van der Waals surface area (Å²) in [4.78, 5) is 12.7. The zero-order chi connectivity index (χ0) is 10.7. The molecule has 1 N–H and O–H groups in total. The summed E-state index contributed by atoms with van der Waals surface area (Å²) in [6.07, 6.45) is 2.53. The molecule has 82 valence electrons. The van der Waals surface area contributed by atoms with Crippen molar-refractivity contribution in [1.82, 2.24) is 4.90 Å². The van der Waals surface area contributed by atoms with Crippen LogP contribution in [0.25, 0.3) is 0 Å². The number of hydrogen-bond donors (Lipinski definition) is 1. The van der Waals surface area contributed by atoms with Crippen molar-refractivity contribution in [1.29, 1.82) is 0 Å². The Labute approximate surface area is 93.3 Å². The average molecular weight is 225 g/mol. The summed E-state index contributed by atoms with van der Waals surface area (Å²) in [5.41, 5.74) is 1.22. The molecule has 0 unspecified atom stereocenters. The Balaban J connectivity index is 1.88. The fraction of sp³-hybridized carbons (Fsp3) is 0.545. The maximum atomic E-state index is 10.7. The van der Waals surface area contributed by atoms with E-state index in [0.29, 0.717) is 0 Å². The Kier molecular flexibility index (Phi) is 3.38. The molecule has 1 aliphatic carbocycles. The van der Waals surface area contributed by atoms with E-state index in [0.717, 1.165) is 19.0 Å². The average Bonchev–Trinajstić information content (AvgIpc) is 2.80. The first-order valence-corrected chi connectivity index (χ1v) is 6.13. The second kappa shape index (κ2) is 4.77. The van der Waals surface area contributed by atoms with Gasteiger partial charge in [0.1, 0.15) is 0 Å². The van der Waals surface area contributed by atoms with Gasteiger partial charge in [-0.25, -0.2) is 0 Å². The normalized spacial score (nSPS) is 15.8. The maximum absolute atomic E-state index is 10.7. The summed E-state index contributed by atoms with van der Waals surface area (Å²) in [5.74, 6) is 0.00821. The van der Waals surface area contributed by atoms with Gasteiger partial charge in [-0.3, -0.25) is 9.69 Å². The molecule has 0 radical (unpaired) electrons. The number of aliphatic carboxylic acids is 1. The monoisotopic (exact) mass is 225 g/mol. The van der Waals surface area contributed by atoms with Crippen LogP contribution in [0.2, 0.25) is 0 Å². The first-order valence-electron chi connectivity index (χ1n) is 5.19. The predicted octanol–water partition coefficient (Wildman–Crippen LogP) is 2.04. The third-order valence-electron chi connectivity index (χ3n) is 2.56. The number of hydrogen-bond acceptors (Lipinski definition) is 3. The standard InChI is InChI=1S/C11H15NO2S/c13-11(14)7-12(5-9-1-2-9)6-10-3-4-15-8-10/h3-4,8-9H,1-2,5-7H2,(H,13,14). The number of carbonyl (C=O) groups is 1. The van der Waals surface area contributed by atoms with Gasteiger partial charge in [-0.15, -0.1) is 0 Å².